The van der Waals surface area contributed by atoms with Gasteiger partial charge in [0.1, 0.15) is 30.2 Å². The number of pyridine rings is 1. The number of hydrogen-bond acceptors (Lipinski definition) is 8. The second-order valence-electron chi connectivity index (χ2n) is 8.65. The van der Waals surface area contributed by atoms with Crippen LogP contribution in [0, 0.1) is 17.1 Å². The molecular weight excluding hydrogens is 443 g/mol. The van der Waals surface area contributed by atoms with E-state index in [1.54, 1.807) is 18.2 Å². The Labute approximate surface area is 194 Å². The molecule has 3 aromatic rings. The number of fused-ring (bicyclic) bond motifs is 2. The first-order valence-corrected chi connectivity index (χ1v) is 11.2. The topological polar surface area (TPSA) is 113 Å². The number of aliphatic hydroxyl groups excluding tert-OH is 1. The maximum absolute atomic E-state index is 15.2. The number of benzene rings is 1. The van der Waals surface area contributed by atoms with Crippen LogP contribution in [0.15, 0.2) is 30.3 Å². The van der Waals surface area contributed by atoms with Crippen molar-refractivity contribution >= 4 is 16.7 Å². The van der Waals surface area contributed by atoms with Gasteiger partial charge in [-0.3, -0.25) is 0 Å². The Morgan fingerprint density at radius 3 is 2.76 bits per heavy atom. The van der Waals surface area contributed by atoms with Crippen molar-refractivity contribution in [3.05, 3.63) is 41.7 Å². The van der Waals surface area contributed by atoms with E-state index in [1.807, 2.05) is 6.07 Å². The molecule has 34 heavy (non-hydrogen) atoms. The third-order valence-corrected chi connectivity index (χ3v) is 6.54. The van der Waals surface area contributed by atoms with E-state index < -0.39 is 18.0 Å². The summed E-state index contributed by atoms with van der Waals surface area (Å²) < 4.78 is 37.7. The highest BCUT2D eigenvalue weighted by Gasteiger charge is 2.48. The van der Waals surface area contributed by atoms with E-state index in [4.69, 9.17) is 18.9 Å². The normalized spacial score (nSPS) is 26.6. The van der Waals surface area contributed by atoms with Crippen LogP contribution in [0.4, 0.5) is 10.1 Å². The van der Waals surface area contributed by atoms with Crippen LogP contribution < -0.4 is 9.64 Å². The van der Waals surface area contributed by atoms with Crippen LogP contribution in [0.1, 0.15) is 5.56 Å². The Balaban J connectivity index is 1.29. The van der Waals surface area contributed by atoms with Gasteiger partial charge < -0.3 is 33.9 Å². The number of nitrogens with one attached hydrogen (secondary N) is 1. The number of rotatable bonds is 4. The molecule has 176 valence electrons. The van der Waals surface area contributed by atoms with E-state index >= 15 is 4.39 Å². The highest BCUT2D eigenvalue weighted by molar-refractivity contribution is 5.84. The van der Waals surface area contributed by atoms with Crippen molar-refractivity contribution in [2.75, 3.05) is 44.4 Å². The van der Waals surface area contributed by atoms with Gasteiger partial charge in [0.25, 0.3) is 0 Å². The number of aromatic nitrogens is 2. The number of morpholine rings is 1. The van der Waals surface area contributed by atoms with Gasteiger partial charge in [0, 0.05) is 30.4 Å². The molecule has 0 aliphatic carbocycles. The zero-order chi connectivity index (χ0) is 23.2. The van der Waals surface area contributed by atoms with Crippen molar-refractivity contribution in [2.45, 2.75) is 24.4 Å². The highest BCUT2D eigenvalue weighted by Crippen LogP contribution is 2.33. The first-order valence-electron chi connectivity index (χ1n) is 11.2. The van der Waals surface area contributed by atoms with Crippen LogP contribution >= 0.6 is 0 Å². The van der Waals surface area contributed by atoms with Gasteiger partial charge in [-0.25, -0.2) is 9.37 Å². The van der Waals surface area contributed by atoms with Crippen LogP contribution in [0.3, 0.4) is 0 Å². The average molecular weight is 466 g/mol. The summed E-state index contributed by atoms with van der Waals surface area (Å²) in [5.74, 6) is -0.00338. The molecule has 9 nitrogen and oxygen atoms in total. The standard InChI is InChI=1S/C24H23FN4O5/c25-16-8-14(29-3-5-31-6-4-29)1-2-15(16)22-13(10-26)7-17-18(28-22)9-21(27-17)34-20-12-33-23-19(30)11-32-24(20)23/h1-2,7-9,19-20,23-24,27,30H,3-6,11-12H2/t19-,20-,23?,24?/m1/s1. The summed E-state index contributed by atoms with van der Waals surface area (Å²) in [4.78, 5) is 9.76. The Morgan fingerprint density at radius 2 is 1.97 bits per heavy atom. The molecule has 5 heterocycles. The Kier molecular flexibility index (Phi) is 5.34. The van der Waals surface area contributed by atoms with Crippen molar-refractivity contribution in [1.82, 2.24) is 9.97 Å². The summed E-state index contributed by atoms with van der Waals surface area (Å²) in [5.41, 5.74) is 2.72. The molecule has 0 spiro atoms. The highest BCUT2D eigenvalue weighted by atomic mass is 19.1. The molecule has 1 aromatic carbocycles. The maximum atomic E-state index is 15.2. The number of halogens is 1. The molecule has 3 aliphatic rings. The third kappa shape index (κ3) is 3.67. The first kappa shape index (κ1) is 21.3. The van der Waals surface area contributed by atoms with E-state index in [1.165, 1.54) is 6.07 Å². The lowest BCUT2D eigenvalue weighted by Gasteiger charge is -2.29. The molecule has 0 saturated carbocycles. The van der Waals surface area contributed by atoms with Crippen LogP contribution in [0.2, 0.25) is 0 Å². The Bertz CT molecular complexity index is 1270. The van der Waals surface area contributed by atoms with Gasteiger partial charge in [-0.05, 0) is 24.3 Å². The average Bonchev–Trinajstić information content (AvgIpc) is 3.55. The molecule has 10 heteroatoms. The fourth-order valence-corrected chi connectivity index (χ4v) is 4.81. The fraction of sp³-hybridized carbons (Fsp3) is 0.417. The van der Waals surface area contributed by atoms with Crippen LogP contribution in [-0.4, -0.2) is 79.0 Å². The Morgan fingerprint density at radius 1 is 1.15 bits per heavy atom. The molecule has 0 amide bonds. The summed E-state index contributed by atoms with van der Waals surface area (Å²) in [6, 6.07) is 10.5. The zero-order valence-electron chi connectivity index (χ0n) is 18.2. The minimum Gasteiger partial charge on any atom is -0.470 e. The molecule has 2 unspecified atom stereocenters. The first-order chi connectivity index (χ1) is 16.6. The van der Waals surface area contributed by atoms with Crippen molar-refractivity contribution < 1.29 is 28.4 Å². The SMILES string of the molecule is N#Cc1cc2[nH]c(O[C@@H]3COC4C3OC[C@H]4O)cc2nc1-c1ccc(N2CCOCC2)cc1F. The monoisotopic (exact) mass is 466 g/mol. The number of hydrogen-bond donors (Lipinski definition) is 2. The smallest absolute Gasteiger partial charge is 0.193 e. The number of aliphatic hydroxyl groups is 1. The molecule has 6 rings (SSSR count). The van der Waals surface area contributed by atoms with E-state index in [-0.39, 0.29) is 35.6 Å². The summed E-state index contributed by atoms with van der Waals surface area (Å²) in [6.07, 6.45) is -1.78. The molecular formula is C24H23FN4O5. The lowest BCUT2D eigenvalue weighted by Crippen LogP contribution is -2.36. The quantitative estimate of drug-likeness (QED) is 0.600. The number of anilines is 1. The number of ether oxygens (including phenoxy) is 4. The Hall–Kier alpha value is -3.23. The molecule has 4 atom stereocenters. The lowest BCUT2D eigenvalue weighted by molar-refractivity contribution is 0.00794. The summed E-state index contributed by atoms with van der Waals surface area (Å²) in [7, 11) is 0. The van der Waals surface area contributed by atoms with Gasteiger partial charge in [-0.2, -0.15) is 5.26 Å². The number of aromatic amines is 1. The van der Waals surface area contributed by atoms with Gasteiger partial charge in [0.15, 0.2) is 12.0 Å². The van der Waals surface area contributed by atoms with E-state index in [0.717, 1.165) is 5.69 Å². The minimum atomic E-state index is -0.659. The number of H-pyrrole nitrogens is 1. The number of nitrogens with zero attached hydrogens (tertiary/aromatic N) is 3. The van der Waals surface area contributed by atoms with Crippen LogP contribution in [-0.2, 0) is 14.2 Å². The fourth-order valence-electron chi connectivity index (χ4n) is 4.81. The van der Waals surface area contributed by atoms with Crippen LogP contribution in [0.5, 0.6) is 5.88 Å². The van der Waals surface area contributed by atoms with Crippen molar-refractivity contribution in [3.63, 3.8) is 0 Å². The molecule has 3 aliphatic heterocycles. The van der Waals surface area contributed by atoms with E-state index in [2.05, 4.69) is 20.9 Å². The van der Waals surface area contributed by atoms with Crippen LogP contribution in [0.25, 0.3) is 22.3 Å². The number of nitriles is 1. The van der Waals surface area contributed by atoms with E-state index in [0.29, 0.717) is 49.8 Å². The predicted molar refractivity (Wildman–Crippen MR) is 119 cm³/mol. The molecule has 3 saturated heterocycles. The van der Waals surface area contributed by atoms with Gasteiger partial charge in [0.05, 0.1) is 48.7 Å². The molecule has 2 N–H and O–H groups in total. The summed E-state index contributed by atoms with van der Waals surface area (Å²) in [6.45, 7) is 3.14. The van der Waals surface area contributed by atoms with Crippen molar-refractivity contribution in [1.29, 1.82) is 5.26 Å². The van der Waals surface area contributed by atoms with Gasteiger partial charge in [-0.1, -0.05) is 0 Å². The molecule has 3 fully saturated rings. The minimum absolute atomic E-state index is 0.216. The molecule has 2 aromatic heterocycles. The van der Waals surface area contributed by atoms with Gasteiger partial charge in [-0.15, -0.1) is 0 Å². The second-order valence-corrected chi connectivity index (χ2v) is 8.65. The van der Waals surface area contributed by atoms with Gasteiger partial charge in [0.2, 0.25) is 0 Å². The van der Waals surface area contributed by atoms with Crippen molar-refractivity contribution in [2.24, 2.45) is 0 Å². The van der Waals surface area contributed by atoms with Gasteiger partial charge >= 0.3 is 0 Å². The zero-order valence-corrected chi connectivity index (χ0v) is 18.2. The second kappa shape index (κ2) is 8.52. The predicted octanol–water partition coefficient (Wildman–Crippen LogP) is 1.98. The molecule has 0 radical (unpaired) electrons. The largest absolute Gasteiger partial charge is 0.470 e. The van der Waals surface area contributed by atoms with Crippen molar-refractivity contribution in [3.8, 4) is 23.2 Å². The lowest BCUT2D eigenvalue weighted by atomic mass is 10.0. The molecule has 0 bridgehead atoms. The maximum Gasteiger partial charge on any atom is 0.193 e. The summed E-state index contributed by atoms with van der Waals surface area (Å²) in [5, 5.41) is 19.6. The summed E-state index contributed by atoms with van der Waals surface area (Å²) >= 11 is 0. The third-order valence-electron chi connectivity index (χ3n) is 6.54. The van der Waals surface area contributed by atoms with E-state index in [9.17, 15) is 10.4 Å².